The van der Waals surface area contributed by atoms with Gasteiger partial charge in [0.2, 0.25) is 5.91 Å². The average molecular weight is 292 g/mol. The van der Waals surface area contributed by atoms with Crippen LogP contribution < -0.4 is 20.1 Å². The third-order valence-electron chi connectivity index (χ3n) is 3.33. The normalized spacial score (nSPS) is 13.0. The first-order chi connectivity index (χ1) is 10.2. The molecule has 0 unspecified atom stereocenters. The Morgan fingerprint density at radius 2 is 2.05 bits per heavy atom. The van der Waals surface area contributed by atoms with Crippen LogP contribution in [0.3, 0.4) is 0 Å². The van der Waals surface area contributed by atoms with Crippen LogP contribution in [0.1, 0.15) is 32.3 Å². The number of ether oxygens (including phenoxy) is 2. The van der Waals surface area contributed by atoms with E-state index in [2.05, 4.69) is 17.6 Å². The second-order valence-electron chi connectivity index (χ2n) is 5.10. The molecule has 1 aliphatic rings. The van der Waals surface area contributed by atoms with Crippen LogP contribution in [0.4, 0.5) is 5.69 Å². The van der Waals surface area contributed by atoms with Crippen molar-refractivity contribution in [2.75, 3.05) is 31.6 Å². The molecule has 1 heterocycles. The zero-order valence-electron chi connectivity index (χ0n) is 12.8. The summed E-state index contributed by atoms with van der Waals surface area (Å²) in [4.78, 5) is 11.9. The Labute approximate surface area is 126 Å². The Morgan fingerprint density at radius 1 is 1.24 bits per heavy atom. The standard InChI is InChI=1S/C16H24N2O3/c1-3-5-6-12-9-13(18-15(19)11-17-4-2)16-14(10-12)20-7-8-21-16/h9-10,17H,3-8,11H2,1-2H3,(H,18,19). The van der Waals surface area contributed by atoms with Crippen LogP contribution in [0, 0.1) is 0 Å². The number of carbonyl (C=O) groups excluding carboxylic acids is 1. The monoisotopic (exact) mass is 292 g/mol. The van der Waals surface area contributed by atoms with Gasteiger partial charge in [-0.2, -0.15) is 0 Å². The molecule has 21 heavy (non-hydrogen) atoms. The molecule has 5 heteroatoms. The lowest BCUT2D eigenvalue weighted by atomic mass is 10.1. The zero-order chi connectivity index (χ0) is 15.1. The van der Waals surface area contributed by atoms with Gasteiger partial charge in [-0.05, 0) is 37.1 Å². The van der Waals surface area contributed by atoms with E-state index in [0.29, 0.717) is 31.2 Å². The van der Waals surface area contributed by atoms with Crippen molar-refractivity contribution in [3.05, 3.63) is 17.7 Å². The fourth-order valence-electron chi connectivity index (χ4n) is 2.26. The smallest absolute Gasteiger partial charge is 0.238 e. The molecule has 0 aliphatic carbocycles. The van der Waals surface area contributed by atoms with Crippen LogP contribution in [0.15, 0.2) is 12.1 Å². The fourth-order valence-corrected chi connectivity index (χ4v) is 2.26. The number of anilines is 1. The van der Waals surface area contributed by atoms with E-state index in [9.17, 15) is 4.79 Å². The van der Waals surface area contributed by atoms with Gasteiger partial charge in [-0.25, -0.2) is 0 Å². The molecular formula is C16H24N2O3. The van der Waals surface area contributed by atoms with Crippen molar-refractivity contribution >= 4 is 11.6 Å². The molecule has 0 saturated heterocycles. The molecular weight excluding hydrogens is 268 g/mol. The van der Waals surface area contributed by atoms with Crippen molar-refractivity contribution in [1.82, 2.24) is 5.32 Å². The Hall–Kier alpha value is -1.75. The van der Waals surface area contributed by atoms with E-state index in [1.165, 1.54) is 5.56 Å². The SMILES string of the molecule is CCCCc1cc(NC(=O)CNCC)c2c(c1)OCCO2. The Kier molecular flexibility index (Phi) is 5.87. The van der Waals surface area contributed by atoms with Gasteiger partial charge in [0, 0.05) is 0 Å². The van der Waals surface area contributed by atoms with Crippen molar-refractivity contribution < 1.29 is 14.3 Å². The molecule has 5 nitrogen and oxygen atoms in total. The third-order valence-corrected chi connectivity index (χ3v) is 3.33. The number of unbranched alkanes of at least 4 members (excludes halogenated alkanes) is 1. The van der Waals surface area contributed by atoms with E-state index in [1.807, 2.05) is 19.1 Å². The summed E-state index contributed by atoms with van der Waals surface area (Å²) in [7, 11) is 0. The van der Waals surface area contributed by atoms with E-state index in [1.54, 1.807) is 0 Å². The number of carbonyl (C=O) groups is 1. The zero-order valence-corrected chi connectivity index (χ0v) is 12.8. The highest BCUT2D eigenvalue weighted by Crippen LogP contribution is 2.39. The maximum Gasteiger partial charge on any atom is 0.238 e. The molecule has 0 bridgehead atoms. The fraction of sp³-hybridized carbons (Fsp3) is 0.562. The topological polar surface area (TPSA) is 59.6 Å². The number of benzene rings is 1. The van der Waals surface area contributed by atoms with Crippen LogP contribution in [0.2, 0.25) is 0 Å². The van der Waals surface area contributed by atoms with Gasteiger partial charge in [0.05, 0.1) is 12.2 Å². The van der Waals surface area contributed by atoms with E-state index >= 15 is 0 Å². The highest BCUT2D eigenvalue weighted by Gasteiger charge is 2.19. The van der Waals surface area contributed by atoms with Gasteiger partial charge in [0.25, 0.3) is 0 Å². The molecule has 0 spiro atoms. The molecule has 2 rings (SSSR count). The first-order valence-electron chi connectivity index (χ1n) is 7.67. The van der Waals surface area contributed by atoms with Crippen molar-refractivity contribution in [3.63, 3.8) is 0 Å². The summed E-state index contributed by atoms with van der Waals surface area (Å²) in [6.07, 6.45) is 3.23. The number of nitrogens with one attached hydrogen (secondary N) is 2. The van der Waals surface area contributed by atoms with Gasteiger partial charge in [-0.3, -0.25) is 4.79 Å². The predicted octanol–water partition coefficient (Wildman–Crippen LogP) is 2.35. The molecule has 2 N–H and O–H groups in total. The second-order valence-corrected chi connectivity index (χ2v) is 5.10. The number of fused-ring (bicyclic) bond motifs is 1. The molecule has 1 aliphatic heterocycles. The first kappa shape index (κ1) is 15.6. The summed E-state index contributed by atoms with van der Waals surface area (Å²) in [6.45, 7) is 6.26. The molecule has 0 radical (unpaired) electrons. The minimum atomic E-state index is -0.0686. The van der Waals surface area contributed by atoms with Gasteiger partial charge in [0.1, 0.15) is 13.2 Å². The van der Waals surface area contributed by atoms with Crippen molar-refractivity contribution in [2.45, 2.75) is 33.1 Å². The summed E-state index contributed by atoms with van der Waals surface area (Å²) in [6, 6.07) is 4.01. The number of hydrogen-bond acceptors (Lipinski definition) is 4. The number of likely N-dealkylation sites (N-methyl/N-ethyl adjacent to an activating group) is 1. The lowest BCUT2D eigenvalue weighted by Crippen LogP contribution is -2.28. The summed E-state index contributed by atoms with van der Waals surface area (Å²) >= 11 is 0. The number of hydrogen-bond donors (Lipinski definition) is 2. The number of aryl methyl sites for hydroxylation is 1. The van der Waals surface area contributed by atoms with E-state index in [0.717, 1.165) is 31.6 Å². The highest BCUT2D eigenvalue weighted by atomic mass is 16.6. The molecule has 116 valence electrons. The van der Waals surface area contributed by atoms with Gasteiger partial charge in [-0.1, -0.05) is 20.3 Å². The van der Waals surface area contributed by atoms with Gasteiger partial charge in [-0.15, -0.1) is 0 Å². The Bertz CT molecular complexity index is 489. The minimum Gasteiger partial charge on any atom is -0.486 e. The molecule has 1 amide bonds. The van der Waals surface area contributed by atoms with Crippen molar-refractivity contribution in [3.8, 4) is 11.5 Å². The van der Waals surface area contributed by atoms with E-state index < -0.39 is 0 Å². The summed E-state index contributed by atoms with van der Waals surface area (Å²) < 4.78 is 11.3. The largest absolute Gasteiger partial charge is 0.486 e. The molecule has 0 fully saturated rings. The van der Waals surface area contributed by atoms with Crippen molar-refractivity contribution in [2.24, 2.45) is 0 Å². The highest BCUT2D eigenvalue weighted by molar-refractivity contribution is 5.94. The van der Waals surface area contributed by atoms with E-state index in [4.69, 9.17) is 9.47 Å². The molecule has 0 aromatic heterocycles. The number of rotatable bonds is 7. The van der Waals surface area contributed by atoms with Gasteiger partial charge >= 0.3 is 0 Å². The lowest BCUT2D eigenvalue weighted by Gasteiger charge is -2.22. The summed E-state index contributed by atoms with van der Waals surface area (Å²) in [5.41, 5.74) is 1.88. The average Bonchev–Trinajstić information content (AvgIpc) is 2.51. The number of amides is 1. The van der Waals surface area contributed by atoms with Crippen molar-refractivity contribution in [1.29, 1.82) is 0 Å². The van der Waals surface area contributed by atoms with Crippen LogP contribution in [-0.2, 0) is 11.2 Å². The molecule has 0 saturated carbocycles. The minimum absolute atomic E-state index is 0.0686. The van der Waals surface area contributed by atoms with Gasteiger partial charge < -0.3 is 20.1 Å². The van der Waals surface area contributed by atoms with Crippen LogP contribution in [0.5, 0.6) is 11.5 Å². The molecule has 0 atom stereocenters. The van der Waals surface area contributed by atoms with Crippen LogP contribution in [-0.4, -0.2) is 32.2 Å². The summed E-state index contributed by atoms with van der Waals surface area (Å²) in [5.74, 6) is 1.31. The van der Waals surface area contributed by atoms with Crippen LogP contribution >= 0.6 is 0 Å². The molecule has 1 aromatic carbocycles. The third kappa shape index (κ3) is 4.36. The molecule has 1 aromatic rings. The van der Waals surface area contributed by atoms with Gasteiger partial charge in [0.15, 0.2) is 11.5 Å². The quantitative estimate of drug-likeness (QED) is 0.810. The predicted molar refractivity (Wildman–Crippen MR) is 83.2 cm³/mol. The Balaban J connectivity index is 2.18. The van der Waals surface area contributed by atoms with E-state index in [-0.39, 0.29) is 5.91 Å². The summed E-state index contributed by atoms with van der Waals surface area (Å²) in [5, 5.41) is 5.93. The lowest BCUT2D eigenvalue weighted by molar-refractivity contribution is -0.115. The first-order valence-corrected chi connectivity index (χ1v) is 7.67. The second kappa shape index (κ2) is 7.88. The Morgan fingerprint density at radius 3 is 2.81 bits per heavy atom. The van der Waals surface area contributed by atoms with Crippen LogP contribution in [0.25, 0.3) is 0 Å². The maximum absolute atomic E-state index is 11.9. The maximum atomic E-state index is 11.9.